The topological polar surface area (TPSA) is 87.9 Å². The number of benzene rings is 2. The number of ether oxygens (including phenoxy) is 3. The van der Waals surface area contributed by atoms with Crippen molar-refractivity contribution in [3.63, 3.8) is 0 Å². The van der Waals surface area contributed by atoms with Gasteiger partial charge in [-0.2, -0.15) is 0 Å². The minimum Gasteiger partial charge on any atom is -0.493 e. The molecule has 0 aliphatic carbocycles. The minimum atomic E-state index is -0.489. The number of hydrogen-bond donors (Lipinski definition) is 0. The molecule has 2 aromatic rings. The van der Waals surface area contributed by atoms with E-state index in [1.54, 1.807) is 24.3 Å². The maximum atomic E-state index is 11.9. The van der Waals surface area contributed by atoms with Crippen LogP contribution >= 0.6 is 0 Å². The standard InChI is InChI=1S/C17H17NO6/c1-2-22-15-5-3-4-6-16(15)24-17(19)11-12-23-14-9-7-13(8-10-14)18(20)21/h3-10H,2,11-12H2,1H3. The number of rotatable bonds is 8. The molecule has 0 amide bonds. The molecule has 126 valence electrons. The molecule has 0 fully saturated rings. The third-order valence-corrected chi connectivity index (χ3v) is 3.00. The summed E-state index contributed by atoms with van der Waals surface area (Å²) in [6.07, 6.45) is 0.0391. The first-order valence-corrected chi connectivity index (χ1v) is 7.40. The monoisotopic (exact) mass is 331 g/mol. The zero-order valence-electron chi connectivity index (χ0n) is 13.1. The number of nitro benzene ring substituents is 1. The highest BCUT2D eigenvalue weighted by molar-refractivity contribution is 5.73. The van der Waals surface area contributed by atoms with Gasteiger partial charge in [0, 0.05) is 12.1 Å². The lowest BCUT2D eigenvalue weighted by Gasteiger charge is -2.10. The van der Waals surface area contributed by atoms with Gasteiger partial charge >= 0.3 is 5.97 Å². The zero-order chi connectivity index (χ0) is 17.4. The molecule has 0 aliphatic rings. The fraction of sp³-hybridized carbons (Fsp3) is 0.235. The van der Waals surface area contributed by atoms with Crippen molar-refractivity contribution in [1.82, 2.24) is 0 Å². The third kappa shape index (κ3) is 4.98. The first kappa shape index (κ1) is 17.3. The van der Waals surface area contributed by atoms with Crippen LogP contribution in [0.5, 0.6) is 17.2 Å². The van der Waals surface area contributed by atoms with Crippen molar-refractivity contribution in [2.75, 3.05) is 13.2 Å². The molecule has 0 aromatic heterocycles. The van der Waals surface area contributed by atoms with Crippen LogP contribution in [0.3, 0.4) is 0 Å². The van der Waals surface area contributed by atoms with Crippen molar-refractivity contribution in [3.05, 3.63) is 58.6 Å². The Labute approximate surface area is 138 Å². The molecule has 0 radical (unpaired) electrons. The highest BCUT2D eigenvalue weighted by Crippen LogP contribution is 2.26. The van der Waals surface area contributed by atoms with Crippen LogP contribution in [-0.4, -0.2) is 24.1 Å². The minimum absolute atomic E-state index is 0.0192. The summed E-state index contributed by atoms with van der Waals surface area (Å²) < 4.78 is 16.0. The van der Waals surface area contributed by atoms with E-state index in [2.05, 4.69) is 0 Å². The van der Waals surface area contributed by atoms with Crippen LogP contribution in [0.1, 0.15) is 13.3 Å². The van der Waals surface area contributed by atoms with E-state index in [1.165, 1.54) is 24.3 Å². The SMILES string of the molecule is CCOc1ccccc1OC(=O)CCOc1ccc([N+](=O)[O-])cc1. The molecular formula is C17H17NO6. The molecule has 0 atom stereocenters. The molecule has 0 aliphatic heterocycles. The summed E-state index contributed by atoms with van der Waals surface area (Å²) in [5.74, 6) is 0.858. The normalized spacial score (nSPS) is 10.0. The molecule has 0 spiro atoms. The van der Waals surface area contributed by atoms with E-state index in [4.69, 9.17) is 14.2 Å². The third-order valence-electron chi connectivity index (χ3n) is 3.00. The lowest BCUT2D eigenvalue weighted by atomic mass is 10.3. The average Bonchev–Trinajstić information content (AvgIpc) is 2.57. The molecule has 2 aromatic carbocycles. The molecule has 0 N–H and O–H groups in total. The summed E-state index contributed by atoms with van der Waals surface area (Å²) in [7, 11) is 0. The van der Waals surface area contributed by atoms with Crippen LogP contribution in [0.25, 0.3) is 0 Å². The van der Waals surface area contributed by atoms with E-state index < -0.39 is 10.9 Å². The number of nitrogens with zero attached hydrogens (tertiary/aromatic N) is 1. The summed E-state index contributed by atoms with van der Waals surface area (Å²) in [5.41, 5.74) is -0.0192. The summed E-state index contributed by atoms with van der Waals surface area (Å²) in [4.78, 5) is 21.9. The van der Waals surface area contributed by atoms with Gasteiger partial charge in [-0.05, 0) is 31.2 Å². The fourth-order valence-electron chi connectivity index (χ4n) is 1.90. The van der Waals surface area contributed by atoms with Gasteiger partial charge in [0.1, 0.15) is 5.75 Å². The lowest BCUT2D eigenvalue weighted by molar-refractivity contribution is -0.384. The molecule has 24 heavy (non-hydrogen) atoms. The predicted molar refractivity (Wildman–Crippen MR) is 86.5 cm³/mol. The quantitative estimate of drug-likeness (QED) is 0.319. The van der Waals surface area contributed by atoms with Crippen molar-refractivity contribution >= 4 is 11.7 Å². The first-order chi connectivity index (χ1) is 11.6. The Morgan fingerprint density at radius 2 is 1.71 bits per heavy atom. The van der Waals surface area contributed by atoms with Crippen molar-refractivity contribution in [2.24, 2.45) is 0 Å². The number of non-ortho nitro benzene ring substituents is 1. The second-order valence-electron chi connectivity index (χ2n) is 4.70. The van der Waals surface area contributed by atoms with E-state index >= 15 is 0 Å². The summed E-state index contributed by atoms with van der Waals surface area (Å²) in [6.45, 7) is 2.42. The molecule has 0 bridgehead atoms. The Bertz CT molecular complexity index is 698. The molecular weight excluding hydrogens is 314 g/mol. The van der Waals surface area contributed by atoms with Gasteiger partial charge in [0.2, 0.25) is 0 Å². The molecule has 7 heteroatoms. The van der Waals surface area contributed by atoms with Crippen LogP contribution in [0.15, 0.2) is 48.5 Å². The van der Waals surface area contributed by atoms with Crippen LogP contribution in [0, 0.1) is 10.1 Å². The lowest BCUT2D eigenvalue weighted by Crippen LogP contribution is -2.13. The van der Waals surface area contributed by atoms with Gasteiger partial charge in [0.05, 0.1) is 24.6 Å². The Kier molecular flexibility index (Phi) is 6.13. The van der Waals surface area contributed by atoms with E-state index in [1.807, 2.05) is 6.92 Å². The number of hydrogen-bond acceptors (Lipinski definition) is 6. The van der Waals surface area contributed by atoms with Crippen LogP contribution in [-0.2, 0) is 4.79 Å². The molecule has 0 unspecified atom stereocenters. The Morgan fingerprint density at radius 3 is 2.33 bits per heavy atom. The molecule has 0 heterocycles. The van der Waals surface area contributed by atoms with Gasteiger partial charge in [-0.1, -0.05) is 12.1 Å². The fourth-order valence-corrected chi connectivity index (χ4v) is 1.90. The van der Waals surface area contributed by atoms with E-state index in [0.29, 0.717) is 23.9 Å². The highest BCUT2D eigenvalue weighted by Gasteiger charge is 2.10. The molecule has 2 rings (SSSR count). The van der Waals surface area contributed by atoms with Crippen molar-refractivity contribution < 1.29 is 23.9 Å². The summed E-state index contributed by atoms with van der Waals surface area (Å²) in [5, 5.41) is 10.6. The van der Waals surface area contributed by atoms with E-state index in [-0.39, 0.29) is 18.7 Å². The number of carbonyl (C=O) groups is 1. The summed E-state index contributed by atoms with van der Waals surface area (Å²) in [6, 6.07) is 12.6. The number of nitro groups is 1. The molecule has 0 saturated carbocycles. The van der Waals surface area contributed by atoms with Crippen molar-refractivity contribution in [1.29, 1.82) is 0 Å². The van der Waals surface area contributed by atoms with Gasteiger partial charge in [-0.3, -0.25) is 14.9 Å². The van der Waals surface area contributed by atoms with Gasteiger partial charge < -0.3 is 14.2 Å². The Balaban J connectivity index is 1.82. The van der Waals surface area contributed by atoms with Gasteiger partial charge in [-0.15, -0.1) is 0 Å². The van der Waals surface area contributed by atoms with Gasteiger partial charge in [0.15, 0.2) is 11.5 Å². The van der Waals surface area contributed by atoms with Gasteiger partial charge in [-0.25, -0.2) is 0 Å². The van der Waals surface area contributed by atoms with Gasteiger partial charge in [0.25, 0.3) is 5.69 Å². The molecule has 0 saturated heterocycles. The van der Waals surface area contributed by atoms with Crippen LogP contribution in [0.4, 0.5) is 5.69 Å². The zero-order valence-corrected chi connectivity index (χ0v) is 13.1. The summed E-state index contributed by atoms with van der Waals surface area (Å²) >= 11 is 0. The Hall–Kier alpha value is -3.09. The largest absolute Gasteiger partial charge is 0.493 e. The highest BCUT2D eigenvalue weighted by atomic mass is 16.6. The maximum absolute atomic E-state index is 11.9. The number of esters is 1. The van der Waals surface area contributed by atoms with Crippen LogP contribution in [0.2, 0.25) is 0 Å². The number of para-hydroxylation sites is 2. The van der Waals surface area contributed by atoms with E-state index in [0.717, 1.165) is 0 Å². The number of carbonyl (C=O) groups excluding carboxylic acids is 1. The second-order valence-corrected chi connectivity index (χ2v) is 4.70. The average molecular weight is 331 g/mol. The predicted octanol–water partition coefficient (Wildman–Crippen LogP) is 3.37. The second kappa shape index (κ2) is 8.52. The molecule has 7 nitrogen and oxygen atoms in total. The van der Waals surface area contributed by atoms with Crippen molar-refractivity contribution in [3.8, 4) is 17.2 Å². The Morgan fingerprint density at radius 1 is 1.04 bits per heavy atom. The van der Waals surface area contributed by atoms with Crippen molar-refractivity contribution in [2.45, 2.75) is 13.3 Å². The first-order valence-electron chi connectivity index (χ1n) is 7.40. The maximum Gasteiger partial charge on any atom is 0.314 e. The smallest absolute Gasteiger partial charge is 0.314 e. The van der Waals surface area contributed by atoms with E-state index in [9.17, 15) is 14.9 Å². The van der Waals surface area contributed by atoms with Crippen LogP contribution < -0.4 is 14.2 Å².